The molecule has 0 bridgehead atoms. The van der Waals surface area contributed by atoms with Crippen LogP contribution in [0.15, 0.2) is 24.3 Å². The molecule has 0 saturated heterocycles. The first-order valence-electron chi connectivity index (χ1n) is 8.22. The van der Waals surface area contributed by atoms with Crippen LogP contribution in [0.25, 0.3) is 0 Å². The molecule has 20 heavy (non-hydrogen) atoms. The summed E-state index contributed by atoms with van der Waals surface area (Å²) in [7, 11) is 0. The van der Waals surface area contributed by atoms with Gasteiger partial charge in [-0.3, -0.25) is 0 Å². The Morgan fingerprint density at radius 2 is 1.70 bits per heavy atom. The lowest BCUT2D eigenvalue weighted by atomic mass is 9.66. The van der Waals surface area contributed by atoms with Crippen molar-refractivity contribution in [1.29, 1.82) is 0 Å². The second-order valence-electron chi connectivity index (χ2n) is 6.87. The Labute approximate surface area is 136 Å². The summed E-state index contributed by atoms with van der Waals surface area (Å²) in [5.41, 5.74) is 7.94. The van der Waals surface area contributed by atoms with Gasteiger partial charge in [-0.15, -0.1) is 0 Å². The van der Waals surface area contributed by atoms with E-state index >= 15 is 0 Å². The highest BCUT2D eigenvalue weighted by atomic mass is 127. The summed E-state index contributed by atoms with van der Waals surface area (Å²) in [6.07, 6.45) is 11.2. The molecule has 2 heteroatoms. The fourth-order valence-corrected chi connectivity index (χ4v) is 4.72. The number of rotatable bonds is 3. The standard InChI is InChI=1S/C18H26IN/c19-17-9-5-13(6-10-17)11-18(20)16-8-7-14-3-1-2-4-15(14)12-16/h5-6,9-10,14-16,18H,1-4,7-8,11-12,20H2. The van der Waals surface area contributed by atoms with E-state index in [1.54, 1.807) is 0 Å². The number of fused-ring (bicyclic) bond motifs is 1. The van der Waals surface area contributed by atoms with Gasteiger partial charge in [-0.05, 0) is 83.7 Å². The van der Waals surface area contributed by atoms with Crippen LogP contribution in [0, 0.1) is 21.3 Å². The summed E-state index contributed by atoms with van der Waals surface area (Å²) < 4.78 is 1.31. The normalized spacial score (nSPS) is 31.6. The maximum absolute atomic E-state index is 6.54. The highest BCUT2D eigenvalue weighted by molar-refractivity contribution is 14.1. The molecule has 4 atom stereocenters. The van der Waals surface area contributed by atoms with E-state index in [0.717, 1.165) is 24.2 Å². The smallest absolute Gasteiger partial charge is 0.0130 e. The topological polar surface area (TPSA) is 26.0 Å². The molecule has 2 aliphatic rings. The van der Waals surface area contributed by atoms with Gasteiger partial charge < -0.3 is 5.73 Å². The summed E-state index contributed by atoms with van der Waals surface area (Å²) in [6, 6.07) is 9.24. The third kappa shape index (κ3) is 3.56. The van der Waals surface area contributed by atoms with Crippen molar-refractivity contribution in [2.45, 2.75) is 57.4 Å². The van der Waals surface area contributed by atoms with Crippen LogP contribution in [0.2, 0.25) is 0 Å². The molecule has 0 heterocycles. The van der Waals surface area contributed by atoms with Crippen LogP contribution >= 0.6 is 22.6 Å². The van der Waals surface area contributed by atoms with Crippen LogP contribution < -0.4 is 5.73 Å². The van der Waals surface area contributed by atoms with E-state index in [4.69, 9.17) is 5.73 Å². The Morgan fingerprint density at radius 3 is 2.45 bits per heavy atom. The largest absolute Gasteiger partial charge is 0.327 e. The van der Waals surface area contributed by atoms with Gasteiger partial charge in [-0.1, -0.05) is 37.8 Å². The van der Waals surface area contributed by atoms with Crippen molar-refractivity contribution >= 4 is 22.6 Å². The zero-order valence-corrected chi connectivity index (χ0v) is 14.4. The second kappa shape index (κ2) is 6.78. The molecule has 1 nitrogen and oxygen atoms in total. The maximum Gasteiger partial charge on any atom is 0.0130 e. The summed E-state index contributed by atoms with van der Waals surface area (Å²) >= 11 is 2.36. The first-order chi connectivity index (χ1) is 9.72. The SMILES string of the molecule is NC(Cc1ccc(I)cc1)C1CCC2CCCCC2C1. The van der Waals surface area contributed by atoms with E-state index in [1.807, 2.05) is 0 Å². The molecule has 2 saturated carbocycles. The predicted octanol–water partition coefficient (Wildman–Crippen LogP) is 4.77. The number of hydrogen-bond donors (Lipinski definition) is 1. The molecule has 0 radical (unpaired) electrons. The van der Waals surface area contributed by atoms with Crippen molar-refractivity contribution in [3.63, 3.8) is 0 Å². The molecule has 2 fully saturated rings. The van der Waals surface area contributed by atoms with E-state index in [0.29, 0.717) is 6.04 Å². The van der Waals surface area contributed by atoms with E-state index < -0.39 is 0 Å². The van der Waals surface area contributed by atoms with E-state index in [1.165, 1.54) is 54.1 Å². The first kappa shape index (κ1) is 14.8. The minimum absolute atomic E-state index is 0.359. The van der Waals surface area contributed by atoms with Crippen LogP contribution in [-0.2, 0) is 6.42 Å². The highest BCUT2D eigenvalue weighted by Gasteiger charge is 2.34. The Balaban J connectivity index is 1.57. The lowest BCUT2D eigenvalue weighted by molar-refractivity contribution is 0.117. The molecule has 1 aromatic carbocycles. The zero-order valence-electron chi connectivity index (χ0n) is 12.2. The molecule has 2 N–H and O–H groups in total. The van der Waals surface area contributed by atoms with Crippen molar-refractivity contribution in [2.24, 2.45) is 23.5 Å². The maximum atomic E-state index is 6.54. The minimum Gasteiger partial charge on any atom is -0.327 e. The quantitative estimate of drug-likeness (QED) is 0.748. The molecule has 0 aromatic heterocycles. The Bertz CT molecular complexity index is 428. The predicted molar refractivity (Wildman–Crippen MR) is 93.6 cm³/mol. The summed E-state index contributed by atoms with van der Waals surface area (Å²) in [6.45, 7) is 0. The third-order valence-electron chi connectivity index (χ3n) is 5.57. The summed E-state index contributed by atoms with van der Waals surface area (Å²) in [5.74, 6) is 2.78. The van der Waals surface area contributed by atoms with Gasteiger partial charge in [-0.25, -0.2) is 0 Å². The van der Waals surface area contributed by atoms with Gasteiger partial charge in [0.05, 0.1) is 0 Å². The molecule has 2 aliphatic carbocycles. The molecule has 4 unspecified atom stereocenters. The summed E-state index contributed by atoms with van der Waals surface area (Å²) in [5, 5.41) is 0. The number of benzene rings is 1. The minimum atomic E-state index is 0.359. The molecule has 110 valence electrons. The van der Waals surface area contributed by atoms with Gasteiger partial charge in [0, 0.05) is 9.61 Å². The fourth-order valence-electron chi connectivity index (χ4n) is 4.36. The van der Waals surface area contributed by atoms with Gasteiger partial charge in [0.1, 0.15) is 0 Å². The van der Waals surface area contributed by atoms with Crippen molar-refractivity contribution in [2.75, 3.05) is 0 Å². The molecular weight excluding hydrogens is 357 g/mol. The monoisotopic (exact) mass is 383 g/mol. The Kier molecular flexibility index (Phi) is 5.03. The molecule has 3 rings (SSSR count). The molecule has 0 spiro atoms. The van der Waals surface area contributed by atoms with Crippen LogP contribution in [0.1, 0.15) is 50.5 Å². The lowest BCUT2D eigenvalue weighted by Gasteiger charge is -2.41. The summed E-state index contributed by atoms with van der Waals surface area (Å²) in [4.78, 5) is 0. The average Bonchev–Trinajstić information content (AvgIpc) is 2.49. The van der Waals surface area contributed by atoms with Gasteiger partial charge in [0.2, 0.25) is 0 Å². The van der Waals surface area contributed by atoms with Crippen molar-refractivity contribution in [3.8, 4) is 0 Å². The second-order valence-corrected chi connectivity index (χ2v) is 8.12. The van der Waals surface area contributed by atoms with E-state index in [-0.39, 0.29) is 0 Å². The van der Waals surface area contributed by atoms with Crippen molar-refractivity contribution in [3.05, 3.63) is 33.4 Å². The lowest BCUT2D eigenvalue weighted by Crippen LogP contribution is -2.38. The van der Waals surface area contributed by atoms with Crippen LogP contribution in [-0.4, -0.2) is 6.04 Å². The van der Waals surface area contributed by atoms with Crippen LogP contribution in [0.4, 0.5) is 0 Å². The van der Waals surface area contributed by atoms with Crippen molar-refractivity contribution in [1.82, 2.24) is 0 Å². The van der Waals surface area contributed by atoms with Gasteiger partial charge >= 0.3 is 0 Å². The number of hydrogen-bond acceptors (Lipinski definition) is 1. The van der Waals surface area contributed by atoms with Crippen molar-refractivity contribution < 1.29 is 0 Å². The van der Waals surface area contributed by atoms with Gasteiger partial charge in [0.25, 0.3) is 0 Å². The van der Waals surface area contributed by atoms with Gasteiger partial charge in [0.15, 0.2) is 0 Å². The molecular formula is C18H26IN. The molecule has 0 aliphatic heterocycles. The van der Waals surface area contributed by atoms with Crippen LogP contribution in [0.3, 0.4) is 0 Å². The number of nitrogens with two attached hydrogens (primary N) is 1. The van der Waals surface area contributed by atoms with E-state index in [9.17, 15) is 0 Å². The highest BCUT2D eigenvalue weighted by Crippen LogP contribution is 2.43. The Morgan fingerprint density at radius 1 is 1.00 bits per heavy atom. The third-order valence-corrected chi connectivity index (χ3v) is 6.29. The van der Waals surface area contributed by atoms with Gasteiger partial charge in [-0.2, -0.15) is 0 Å². The average molecular weight is 383 g/mol. The van der Waals surface area contributed by atoms with Crippen LogP contribution in [0.5, 0.6) is 0 Å². The van der Waals surface area contributed by atoms with E-state index in [2.05, 4.69) is 46.9 Å². The number of halogens is 1. The molecule has 0 amide bonds. The molecule has 1 aromatic rings. The first-order valence-corrected chi connectivity index (χ1v) is 9.30. The zero-order chi connectivity index (χ0) is 13.9. The fraction of sp³-hybridized carbons (Fsp3) is 0.667. The Hall–Kier alpha value is -0.0900.